The fraction of sp³-hybridized carbons (Fsp3) is 0.600. The lowest BCUT2D eigenvalue weighted by molar-refractivity contribution is -0.384. The third kappa shape index (κ3) is 13.9. The highest BCUT2D eigenvalue weighted by atomic mass is 16.6. The molecule has 0 atom stereocenters. The summed E-state index contributed by atoms with van der Waals surface area (Å²) in [7, 11) is 0. The first-order valence-electron chi connectivity index (χ1n) is 9.84. The normalized spacial score (nSPS) is 10.2. The van der Waals surface area contributed by atoms with E-state index in [-0.39, 0.29) is 11.4 Å². The highest BCUT2D eigenvalue weighted by Gasteiger charge is 2.15. The second kappa shape index (κ2) is 14.2. The summed E-state index contributed by atoms with van der Waals surface area (Å²) < 4.78 is 10.2. The van der Waals surface area contributed by atoms with E-state index in [1.165, 1.54) is 24.3 Å². The molecule has 0 saturated carbocycles. The minimum absolute atomic E-state index is 0.0658. The highest BCUT2D eigenvalue weighted by Crippen LogP contribution is 2.17. The number of non-ortho nitro benzene ring substituents is 1. The molecule has 0 aliphatic heterocycles. The van der Waals surface area contributed by atoms with Gasteiger partial charge in [-0.3, -0.25) is 10.1 Å². The van der Waals surface area contributed by atoms with Crippen LogP contribution in [0.2, 0.25) is 0 Å². The van der Waals surface area contributed by atoms with Crippen molar-refractivity contribution >= 4 is 17.9 Å². The molecule has 1 aromatic carbocycles. The maximum atomic E-state index is 11.6. The molecule has 0 heterocycles. The highest BCUT2D eigenvalue weighted by molar-refractivity contribution is 5.70. The van der Waals surface area contributed by atoms with Crippen molar-refractivity contribution in [2.24, 2.45) is 0 Å². The van der Waals surface area contributed by atoms with Crippen LogP contribution in [0.15, 0.2) is 24.3 Å². The molecule has 0 fully saturated rings. The van der Waals surface area contributed by atoms with Crippen molar-refractivity contribution in [1.29, 1.82) is 0 Å². The molecule has 0 spiro atoms. The van der Waals surface area contributed by atoms with E-state index in [1.54, 1.807) is 0 Å². The zero-order chi connectivity index (χ0) is 22.3. The lowest BCUT2D eigenvalue weighted by Crippen LogP contribution is -2.33. The Morgan fingerprint density at radius 3 is 1.86 bits per heavy atom. The van der Waals surface area contributed by atoms with E-state index in [1.807, 2.05) is 34.6 Å². The van der Waals surface area contributed by atoms with Gasteiger partial charge in [0.2, 0.25) is 0 Å². The Morgan fingerprint density at radius 1 is 0.931 bits per heavy atom. The zero-order valence-electron chi connectivity index (χ0n) is 17.9. The molecule has 164 valence electrons. The van der Waals surface area contributed by atoms with Crippen LogP contribution >= 0.6 is 0 Å². The van der Waals surface area contributed by atoms with E-state index in [9.17, 15) is 19.7 Å². The van der Waals surface area contributed by atoms with Gasteiger partial charge in [0.15, 0.2) is 0 Å². The van der Waals surface area contributed by atoms with E-state index in [2.05, 4.69) is 10.6 Å². The maximum Gasteiger partial charge on any atom is 0.412 e. The van der Waals surface area contributed by atoms with Crippen LogP contribution in [-0.2, 0) is 4.74 Å². The van der Waals surface area contributed by atoms with Crippen LogP contribution in [0.5, 0.6) is 5.75 Å². The van der Waals surface area contributed by atoms with E-state index < -0.39 is 22.7 Å². The van der Waals surface area contributed by atoms with Gasteiger partial charge in [-0.25, -0.2) is 9.59 Å². The Hall–Kier alpha value is -2.84. The van der Waals surface area contributed by atoms with Crippen LogP contribution in [-0.4, -0.2) is 35.8 Å². The number of nitro benzene ring substituents is 1. The molecule has 0 unspecified atom stereocenters. The third-order valence-corrected chi connectivity index (χ3v) is 3.30. The second-order valence-corrected chi connectivity index (χ2v) is 6.91. The number of hydrogen-bond acceptors (Lipinski definition) is 6. The average Bonchev–Trinajstić information content (AvgIpc) is 2.64. The molecule has 0 bridgehead atoms. The Labute approximate surface area is 172 Å². The van der Waals surface area contributed by atoms with Gasteiger partial charge in [-0.2, -0.15) is 0 Å². The summed E-state index contributed by atoms with van der Waals surface area (Å²) in [5.41, 5.74) is -0.567. The predicted octanol–water partition coefficient (Wildman–Crippen LogP) is 4.79. The van der Waals surface area contributed by atoms with Gasteiger partial charge in [0.1, 0.15) is 11.4 Å². The predicted molar refractivity (Wildman–Crippen MR) is 111 cm³/mol. The summed E-state index contributed by atoms with van der Waals surface area (Å²) >= 11 is 0. The standard InChI is InChI=1S/C18H27N3O6.C2H6/c1-18(2,3)27-17(23)20-13-7-5-4-6-12-19-16(22)26-15-10-8-14(9-11-15)21(24)25;1-2/h8-11H,4-7,12-13H2,1-3H3,(H,19,22)(H,20,23);1-2H3. The van der Waals surface area contributed by atoms with Crippen LogP contribution in [0.25, 0.3) is 0 Å². The molecule has 0 aliphatic rings. The quantitative estimate of drug-likeness (QED) is 0.342. The molecule has 0 radical (unpaired) electrons. The van der Waals surface area contributed by atoms with Gasteiger partial charge in [-0.15, -0.1) is 0 Å². The molecular formula is C20H33N3O6. The van der Waals surface area contributed by atoms with Crippen molar-refractivity contribution in [3.63, 3.8) is 0 Å². The number of hydrogen-bond donors (Lipinski definition) is 2. The molecule has 1 aromatic rings. The van der Waals surface area contributed by atoms with Gasteiger partial charge in [0, 0.05) is 25.2 Å². The number of rotatable bonds is 9. The maximum absolute atomic E-state index is 11.6. The van der Waals surface area contributed by atoms with Crippen LogP contribution in [0, 0.1) is 10.1 Å². The molecule has 2 amide bonds. The van der Waals surface area contributed by atoms with Gasteiger partial charge in [0.05, 0.1) is 4.92 Å². The van der Waals surface area contributed by atoms with Gasteiger partial charge in [0.25, 0.3) is 5.69 Å². The zero-order valence-corrected chi connectivity index (χ0v) is 17.9. The molecule has 9 nitrogen and oxygen atoms in total. The number of unbranched alkanes of at least 4 members (excludes halogenated alkanes) is 3. The molecular weight excluding hydrogens is 378 g/mol. The van der Waals surface area contributed by atoms with Crippen LogP contribution < -0.4 is 15.4 Å². The number of benzene rings is 1. The molecule has 0 aliphatic carbocycles. The van der Waals surface area contributed by atoms with Crippen molar-refractivity contribution in [3.8, 4) is 5.75 Å². The minimum atomic E-state index is -0.601. The fourth-order valence-corrected chi connectivity index (χ4v) is 2.08. The third-order valence-electron chi connectivity index (χ3n) is 3.30. The molecule has 9 heteroatoms. The Bertz CT molecular complexity index is 626. The molecule has 0 saturated heterocycles. The second-order valence-electron chi connectivity index (χ2n) is 6.91. The fourth-order valence-electron chi connectivity index (χ4n) is 2.08. The topological polar surface area (TPSA) is 120 Å². The van der Waals surface area contributed by atoms with Crippen molar-refractivity contribution < 1.29 is 24.0 Å². The van der Waals surface area contributed by atoms with Gasteiger partial charge >= 0.3 is 12.2 Å². The number of nitro groups is 1. The van der Waals surface area contributed by atoms with Crippen molar-refractivity contribution in [2.45, 2.75) is 65.9 Å². The van der Waals surface area contributed by atoms with Crippen LogP contribution in [0.4, 0.5) is 15.3 Å². The first kappa shape index (κ1) is 26.2. The summed E-state index contributed by atoms with van der Waals surface area (Å²) in [6, 6.07) is 5.28. The van der Waals surface area contributed by atoms with Crippen LogP contribution in [0.1, 0.15) is 60.3 Å². The summed E-state index contributed by atoms with van der Waals surface area (Å²) in [6.07, 6.45) is 2.39. The molecule has 2 N–H and O–H groups in total. The number of nitrogens with zero attached hydrogens (tertiary/aromatic N) is 1. The lowest BCUT2D eigenvalue weighted by atomic mass is 10.2. The number of nitrogens with one attached hydrogen (secondary N) is 2. The Kier molecular flexibility index (Phi) is 12.8. The minimum Gasteiger partial charge on any atom is -0.444 e. The summed E-state index contributed by atoms with van der Waals surface area (Å²) in [5, 5.41) is 15.9. The first-order chi connectivity index (χ1) is 13.7. The molecule has 1 rings (SSSR count). The van der Waals surface area contributed by atoms with Crippen molar-refractivity contribution in [3.05, 3.63) is 34.4 Å². The van der Waals surface area contributed by atoms with E-state index in [0.717, 1.165) is 25.7 Å². The van der Waals surface area contributed by atoms with Crippen molar-refractivity contribution in [2.75, 3.05) is 13.1 Å². The lowest BCUT2D eigenvalue weighted by Gasteiger charge is -2.19. The van der Waals surface area contributed by atoms with E-state index in [0.29, 0.717) is 13.1 Å². The summed E-state index contributed by atoms with van der Waals surface area (Å²) in [5.74, 6) is 0.242. The number of amides is 2. The number of carbonyl (C=O) groups is 2. The smallest absolute Gasteiger partial charge is 0.412 e. The van der Waals surface area contributed by atoms with E-state index >= 15 is 0 Å². The SMILES string of the molecule is CC.CC(C)(C)OC(=O)NCCCCCCNC(=O)Oc1ccc([N+](=O)[O-])cc1. The Balaban J connectivity index is 0.00000379. The van der Waals surface area contributed by atoms with Crippen LogP contribution in [0.3, 0.4) is 0 Å². The van der Waals surface area contributed by atoms with Crippen molar-refractivity contribution in [1.82, 2.24) is 10.6 Å². The number of carbonyl (C=O) groups excluding carboxylic acids is 2. The van der Waals surface area contributed by atoms with E-state index in [4.69, 9.17) is 9.47 Å². The summed E-state index contributed by atoms with van der Waals surface area (Å²) in [4.78, 5) is 33.1. The van der Waals surface area contributed by atoms with Gasteiger partial charge in [-0.1, -0.05) is 26.7 Å². The summed E-state index contributed by atoms with van der Waals surface area (Å²) in [6.45, 7) is 10.4. The molecule has 0 aromatic heterocycles. The average molecular weight is 411 g/mol. The largest absolute Gasteiger partial charge is 0.444 e. The van der Waals surface area contributed by atoms with Gasteiger partial charge in [-0.05, 0) is 45.7 Å². The number of alkyl carbamates (subject to hydrolysis) is 1. The first-order valence-corrected chi connectivity index (χ1v) is 9.84. The molecule has 29 heavy (non-hydrogen) atoms. The number of ether oxygens (including phenoxy) is 2. The monoisotopic (exact) mass is 411 g/mol. The Morgan fingerprint density at radius 2 is 1.41 bits per heavy atom. The van der Waals surface area contributed by atoms with Gasteiger partial charge < -0.3 is 20.1 Å².